The van der Waals surface area contributed by atoms with Crippen LogP contribution in [0.3, 0.4) is 0 Å². The van der Waals surface area contributed by atoms with Gasteiger partial charge in [0.2, 0.25) is 0 Å². The molecule has 1 aliphatic heterocycles. The van der Waals surface area contributed by atoms with Gasteiger partial charge in [-0.05, 0) is 110 Å². The third-order valence-electron chi connectivity index (χ3n) is 6.97. The van der Waals surface area contributed by atoms with E-state index in [9.17, 15) is 0 Å². The van der Waals surface area contributed by atoms with Gasteiger partial charge in [-0.15, -0.1) is 0 Å². The zero-order chi connectivity index (χ0) is 26.9. The molecule has 194 valence electrons. The summed E-state index contributed by atoms with van der Waals surface area (Å²) in [5.74, 6) is 1.56. The quantitative estimate of drug-likeness (QED) is 0.216. The molecule has 3 heterocycles. The van der Waals surface area contributed by atoms with Crippen molar-refractivity contribution >= 4 is 34.6 Å². The number of pyridine rings is 1. The van der Waals surface area contributed by atoms with Crippen LogP contribution in [0.4, 0.5) is 5.69 Å². The molecule has 3 aromatic carbocycles. The minimum atomic E-state index is -0.151. The molecule has 5 nitrogen and oxygen atoms in total. The second-order valence-electron chi connectivity index (χ2n) is 9.64. The highest BCUT2D eigenvalue weighted by Crippen LogP contribution is 2.42. The molecule has 2 atom stereocenters. The van der Waals surface area contributed by atoms with Crippen LogP contribution in [0.5, 0.6) is 11.5 Å². The molecule has 1 saturated heterocycles. The van der Waals surface area contributed by atoms with Gasteiger partial charge in [-0.3, -0.25) is 4.98 Å². The van der Waals surface area contributed by atoms with Gasteiger partial charge >= 0.3 is 0 Å². The summed E-state index contributed by atoms with van der Waals surface area (Å²) in [7, 11) is 0. The summed E-state index contributed by atoms with van der Waals surface area (Å²) in [6.07, 6.45) is 3.89. The van der Waals surface area contributed by atoms with Crippen LogP contribution in [-0.2, 0) is 0 Å². The maximum atomic E-state index is 6.34. The smallest absolute Gasteiger partial charge is 0.174 e. The van der Waals surface area contributed by atoms with Crippen LogP contribution in [0, 0.1) is 13.8 Å². The van der Waals surface area contributed by atoms with Crippen molar-refractivity contribution in [1.82, 2.24) is 14.9 Å². The first kappa shape index (κ1) is 25.2. The molecule has 0 unspecified atom stereocenters. The monoisotopic (exact) mass is 550 g/mol. The van der Waals surface area contributed by atoms with E-state index in [0.717, 1.165) is 44.8 Å². The number of nitrogens with one attached hydrogen (secondary N) is 1. The second-order valence-corrected chi connectivity index (χ2v) is 10.4. The Bertz CT molecular complexity index is 1620. The molecule has 2 aromatic heterocycles. The average molecular weight is 551 g/mol. The predicted molar refractivity (Wildman–Crippen MR) is 161 cm³/mol. The fourth-order valence-electron chi connectivity index (χ4n) is 5.00. The Kier molecular flexibility index (Phi) is 6.81. The number of benzene rings is 3. The zero-order valence-electron chi connectivity index (χ0n) is 21.6. The molecule has 0 bridgehead atoms. The fraction of sp³-hybridized carbons (Fsp3) is 0.125. The summed E-state index contributed by atoms with van der Waals surface area (Å²) in [4.78, 5) is 6.85. The van der Waals surface area contributed by atoms with Crippen LogP contribution in [0.2, 0.25) is 5.02 Å². The van der Waals surface area contributed by atoms with Gasteiger partial charge in [0, 0.05) is 34.5 Å². The number of ether oxygens (including phenoxy) is 1. The number of thiocarbonyl (C=S) groups is 1. The Morgan fingerprint density at radius 1 is 0.846 bits per heavy atom. The molecular formula is C32H27ClN4OS. The SMILES string of the molecule is Cc1ccc(Oc2ccc(N3C(=S)N[C@@H](c4ccccn4)[C@@H]3c3cccn3-c3ccc(Cl)c(C)c3)cc2)cc1. The van der Waals surface area contributed by atoms with E-state index in [1.807, 2.05) is 92.0 Å². The van der Waals surface area contributed by atoms with Gasteiger partial charge in [0.25, 0.3) is 0 Å². The van der Waals surface area contributed by atoms with Gasteiger partial charge < -0.3 is 19.5 Å². The Balaban J connectivity index is 1.39. The van der Waals surface area contributed by atoms with Crippen molar-refractivity contribution in [2.24, 2.45) is 0 Å². The molecule has 5 aromatic rings. The standard InChI is InChI=1S/C32H27ClN4OS/c1-21-8-13-25(14-9-21)38-26-15-10-23(11-16-26)37-31(30(35-32(37)39)28-6-3-4-18-34-28)29-7-5-19-36(29)24-12-17-27(33)22(2)20-24/h3-20,30-31H,1-2H3,(H,35,39)/t30-,31-/m0/s1. The number of halogens is 1. The van der Waals surface area contributed by atoms with Crippen molar-refractivity contribution in [3.8, 4) is 17.2 Å². The summed E-state index contributed by atoms with van der Waals surface area (Å²) in [5.41, 5.74) is 6.23. The third-order valence-corrected chi connectivity index (χ3v) is 7.71. The van der Waals surface area contributed by atoms with E-state index in [0.29, 0.717) is 5.11 Å². The van der Waals surface area contributed by atoms with E-state index in [4.69, 9.17) is 28.6 Å². The number of nitrogens with zero attached hydrogens (tertiary/aromatic N) is 3. The van der Waals surface area contributed by atoms with Crippen molar-refractivity contribution in [2.75, 3.05) is 4.90 Å². The molecule has 39 heavy (non-hydrogen) atoms. The molecule has 1 aliphatic rings. The molecule has 0 spiro atoms. The van der Waals surface area contributed by atoms with E-state index < -0.39 is 0 Å². The van der Waals surface area contributed by atoms with Crippen molar-refractivity contribution in [3.05, 3.63) is 137 Å². The molecule has 0 saturated carbocycles. The van der Waals surface area contributed by atoms with Crippen LogP contribution >= 0.6 is 23.8 Å². The Hall–Kier alpha value is -4.13. The molecule has 0 amide bonds. The van der Waals surface area contributed by atoms with E-state index in [2.05, 4.69) is 51.1 Å². The van der Waals surface area contributed by atoms with E-state index >= 15 is 0 Å². The second kappa shape index (κ2) is 10.6. The summed E-state index contributed by atoms with van der Waals surface area (Å²) < 4.78 is 8.27. The van der Waals surface area contributed by atoms with Crippen LogP contribution in [0.15, 0.2) is 109 Å². The number of hydrogen-bond acceptors (Lipinski definition) is 3. The summed E-state index contributed by atoms with van der Waals surface area (Å²) in [6, 6.07) is 32.0. The van der Waals surface area contributed by atoms with Gasteiger partial charge in [0.1, 0.15) is 17.5 Å². The normalized spacial score (nSPS) is 16.8. The number of hydrogen-bond donors (Lipinski definition) is 1. The number of aromatic nitrogens is 2. The molecule has 6 rings (SSSR count). The lowest BCUT2D eigenvalue weighted by Crippen LogP contribution is -2.30. The highest BCUT2D eigenvalue weighted by Gasteiger charge is 2.42. The lowest BCUT2D eigenvalue weighted by Gasteiger charge is -2.29. The minimum absolute atomic E-state index is 0.149. The molecular weight excluding hydrogens is 524 g/mol. The molecule has 1 fully saturated rings. The van der Waals surface area contributed by atoms with Gasteiger partial charge in [-0.1, -0.05) is 35.4 Å². The average Bonchev–Trinajstić information content (AvgIpc) is 3.57. The maximum Gasteiger partial charge on any atom is 0.174 e. The summed E-state index contributed by atoms with van der Waals surface area (Å²) >= 11 is 12.3. The first-order valence-electron chi connectivity index (χ1n) is 12.8. The topological polar surface area (TPSA) is 42.3 Å². The van der Waals surface area contributed by atoms with Crippen LogP contribution in [0.25, 0.3) is 5.69 Å². The van der Waals surface area contributed by atoms with Gasteiger partial charge in [0.15, 0.2) is 5.11 Å². The van der Waals surface area contributed by atoms with Crippen molar-refractivity contribution in [1.29, 1.82) is 0 Å². The molecule has 1 N–H and O–H groups in total. The predicted octanol–water partition coefficient (Wildman–Crippen LogP) is 8.11. The van der Waals surface area contributed by atoms with Crippen molar-refractivity contribution in [3.63, 3.8) is 0 Å². The molecule has 0 aliphatic carbocycles. The largest absolute Gasteiger partial charge is 0.457 e. The maximum absolute atomic E-state index is 6.34. The van der Waals surface area contributed by atoms with Crippen molar-refractivity contribution in [2.45, 2.75) is 25.9 Å². The van der Waals surface area contributed by atoms with Crippen LogP contribution < -0.4 is 15.0 Å². The Morgan fingerprint density at radius 3 is 2.26 bits per heavy atom. The highest BCUT2D eigenvalue weighted by molar-refractivity contribution is 7.80. The van der Waals surface area contributed by atoms with Gasteiger partial charge in [-0.2, -0.15) is 0 Å². The van der Waals surface area contributed by atoms with Crippen molar-refractivity contribution < 1.29 is 4.74 Å². The lowest BCUT2D eigenvalue weighted by atomic mass is 10.0. The third kappa shape index (κ3) is 5.01. The lowest BCUT2D eigenvalue weighted by molar-refractivity contribution is 0.482. The van der Waals surface area contributed by atoms with E-state index in [1.54, 1.807) is 0 Å². The highest BCUT2D eigenvalue weighted by atomic mass is 35.5. The molecule has 0 radical (unpaired) electrons. The Morgan fingerprint density at radius 2 is 1.56 bits per heavy atom. The summed E-state index contributed by atoms with van der Waals surface area (Å²) in [5, 5.41) is 4.93. The fourth-order valence-corrected chi connectivity index (χ4v) is 5.46. The summed E-state index contributed by atoms with van der Waals surface area (Å²) in [6.45, 7) is 4.08. The van der Waals surface area contributed by atoms with Crippen LogP contribution in [-0.4, -0.2) is 14.7 Å². The Labute approximate surface area is 238 Å². The van der Waals surface area contributed by atoms with E-state index in [1.165, 1.54) is 5.56 Å². The first-order chi connectivity index (χ1) is 19.0. The van der Waals surface area contributed by atoms with E-state index in [-0.39, 0.29) is 12.1 Å². The first-order valence-corrected chi connectivity index (χ1v) is 13.6. The molecule has 7 heteroatoms. The van der Waals surface area contributed by atoms with Crippen LogP contribution in [0.1, 0.15) is 34.6 Å². The van der Waals surface area contributed by atoms with Gasteiger partial charge in [0.05, 0.1) is 11.7 Å². The number of anilines is 1. The minimum Gasteiger partial charge on any atom is -0.457 e. The number of rotatable bonds is 6. The number of aryl methyl sites for hydroxylation is 2. The zero-order valence-corrected chi connectivity index (χ0v) is 23.2. The van der Waals surface area contributed by atoms with Gasteiger partial charge in [-0.25, -0.2) is 0 Å².